The van der Waals surface area contributed by atoms with Crippen LogP contribution in [-0.4, -0.2) is 10.9 Å². The van der Waals surface area contributed by atoms with Gasteiger partial charge in [0.15, 0.2) is 5.13 Å². The second-order valence-corrected chi connectivity index (χ2v) is 8.56. The summed E-state index contributed by atoms with van der Waals surface area (Å²) in [5.41, 5.74) is 6.79. The molecule has 0 atom stereocenters. The van der Waals surface area contributed by atoms with Gasteiger partial charge in [0.05, 0.1) is 29.4 Å². The lowest BCUT2D eigenvalue weighted by molar-refractivity contribution is -0.118. The van der Waals surface area contributed by atoms with Crippen LogP contribution < -0.4 is 4.90 Å². The van der Waals surface area contributed by atoms with Crippen LogP contribution in [0.4, 0.5) is 5.13 Å². The van der Waals surface area contributed by atoms with Gasteiger partial charge in [0.25, 0.3) is 0 Å². The van der Waals surface area contributed by atoms with Crippen molar-refractivity contribution in [2.45, 2.75) is 40.7 Å². The topological polar surface area (TPSA) is 46.3 Å². The van der Waals surface area contributed by atoms with Crippen LogP contribution in [0.3, 0.4) is 0 Å². The van der Waals surface area contributed by atoms with Crippen LogP contribution in [-0.2, 0) is 17.8 Å². The predicted molar refractivity (Wildman–Crippen MR) is 119 cm³/mol. The van der Waals surface area contributed by atoms with E-state index in [0.717, 1.165) is 21.5 Å². The van der Waals surface area contributed by atoms with E-state index >= 15 is 0 Å². The number of benzene rings is 2. The summed E-state index contributed by atoms with van der Waals surface area (Å²) in [5, 5.41) is 0.704. The molecule has 0 spiro atoms. The smallest absolute Gasteiger partial charge is 0.233 e. The lowest BCUT2D eigenvalue weighted by Crippen LogP contribution is -2.31. The molecule has 0 aliphatic rings. The Hall–Kier alpha value is -2.92. The molecule has 0 N–H and O–H groups in total. The second-order valence-electron chi connectivity index (χ2n) is 7.56. The van der Waals surface area contributed by atoms with E-state index in [9.17, 15) is 4.79 Å². The molecule has 0 aliphatic carbocycles. The molecule has 0 radical (unpaired) electrons. The Bertz CT molecular complexity index is 1140. The first-order chi connectivity index (χ1) is 13.9. The summed E-state index contributed by atoms with van der Waals surface area (Å²) in [6.07, 6.45) is 1.96. The maximum Gasteiger partial charge on any atom is 0.233 e. The van der Waals surface area contributed by atoms with E-state index in [1.54, 1.807) is 22.5 Å². The minimum absolute atomic E-state index is 0.0113. The summed E-state index contributed by atoms with van der Waals surface area (Å²) < 4.78 is 6.61. The summed E-state index contributed by atoms with van der Waals surface area (Å²) in [6, 6.07) is 14.1. The van der Waals surface area contributed by atoms with Gasteiger partial charge >= 0.3 is 0 Å². The molecule has 2 aromatic carbocycles. The molecular formula is C24H24N2O2S. The maximum absolute atomic E-state index is 13.3. The van der Waals surface area contributed by atoms with Crippen molar-refractivity contribution in [2.75, 3.05) is 4.90 Å². The lowest BCUT2D eigenvalue weighted by atomic mass is 10.0. The van der Waals surface area contributed by atoms with E-state index in [0.29, 0.717) is 18.1 Å². The molecule has 0 aliphatic heterocycles. The summed E-state index contributed by atoms with van der Waals surface area (Å²) >= 11 is 1.55. The Morgan fingerprint density at radius 3 is 2.48 bits per heavy atom. The molecule has 2 heterocycles. The zero-order chi connectivity index (χ0) is 20.5. The first-order valence-corrected chi connectivity index (χ1v) is 10.5. The Morgan fingerprint density at radius 2 is 1.76 bits per heavy atom. The number of furan rings is 1. The molecule has 4 nitrogen and oxygen atoms in total. The van der Waals surface area contributed by atoms with Gasteiger partial charge < -0.3 is 4.42 Å². The Kier molecular flexibility index (Phi) is 5.24. The third-order valence-electron chi connectivity index (χ3n) is 5.35. The number of nitrogens with zero attached hydrogens (tertiary/aromatic N) is 2. The highest BCUT2D eigenvalue weighted by molar-refractivity contribution is 7.22. The third kappa shape index (κ3) is 4.10. The zero-order valence-corrected chi connectivity index (χ0v) is 18.0. The molecule has 1 amide bonds. The van der Waals surface area contributed by atoms with Crippen molar-refractivity contribution < 1.29 is 9.21 Å². The van der Waals surface area contributed by atoms with E-state index in [2.05, 4.69) is 52.0 Å². The summed E-state index contributed by atoms with van der Waals surface area (Å²) in [7, 11) is 0. The van der Waals surface area contributed by atoms with E-state index < -0.39 is 0 Å². The highest BCUT2D eigenvalue weighted by Gasteiger charge is 2.22. The van der Waals surface area contributed by atoms with Crippen LogP contribution in [0.5, 0.6) is 0 Å². The molecule has 5 heteroatoms. The number of hydrogen-bond donors (Lipinski definition) is 0. The van der Waals surface area contributed by atoms with Gasteiger partial charge in [-0.2, -0.15) is 0 Å². The fourth-order valence-electron chi connectivity index (χ4n) is 3.29. The predicted octanol–water partition coefficient (Wildman–Crippen LogP) is 5.90. The van der Waals surface area contributed by atoms with Crippen molar-refractivity contribution in [3.8, 4) is 0 Å². The van der Waals surface area contributed by atoms with E-state index in [1.807, 2.05) is 18.2 Å². The minimum atomic E-state index is 0.0113. The van der Waals surface area contributed by atoms with Crippen LogP contribution in [0.2, 0.25) is 0 Å². The van der Waals surface area contributed by atoms with Gasteiger partial charge in [-0.3, -0.25) is 9.69 Å². The largest absolute Gasteiger partial charge is 0.467 e. The van der Waals surface area contributed by atoms with Gasteiger partial charge in [0.2, 0.25) is 5.91 Å². The van der Waals surface area contributed by atoms with Gasteiger partial charge in [-0.25, -0.2) is 4.98 Å². The molecule has 0 unspecified atom stereocenters. The monoisotopic (exact) mass is 404 g/mol. The van der Waals surface area contributed by atoms with Gasteiger partial charge in [-0.1, -0.05) is 29.5 Å². The van der Waals surface area contributed by atoms with Crippen LogP contribution in [0.15, 0.2) is 53.1 Å². The number of aryl methyl sites for hydroxylation is 4. The van der Waals surface area contributed by atoms with Gasteiger partial charge in [0.1, 0.15) is 5.76 Å². The fourth-order valence-corrected chi connectivity index (χ4v) is 4.35. The number of carbonyl (C=O) groups is 1. The van der Waals surface area contributed by atoms with E-state index in [1.165, 1.54) is 22.3 Å². The highest BCUT2D eigenvalue weighted by Crippen LogP contribution is 2.32. The lowest BCUT2D eigenvalue weighted by Gasteiger charge is -2.19. The molecule has 0 saturated carbocycles. The molecular weight excluding hydrogens is 380 g/mol. The van der Waals surface area contributed by atoms with Gasteiger partial charge in [0, 0.05) is 0 Å². The first kappa shape index (κ1) is 19.4. The molecule has 2 aromatic heterocycles. The molecule has 0 fully saturated rings. The van der Waals surface area contributed by atoms with Crippen LogP contribution in [0, 0.1) is 27.7 Å². The first-order valence-electron chi connectivity index (χ1n) is 9.67. The molecule has 4 aromatic rings. The van der Waals surface area contributed by atoms with Gasteiger partial charge in [-0.15, -0.1) is 0 Å². The van der Waals surface area contributed by atoms with Crippen molar-refractivity contribution in [3.63, 3.8) is 0 Å². The Labute approximate surface area is 174 Å². The van der Waals surface area contributed by atoms with E-state index in [-0.39, 0.29) is 5.91 Å². The Morgan fingerprint density at radius 1 is 1.00 bits per heavy atom. The molecule has 4 rings (SSSR count). The van der Waals surface area contributed by atoms with Crippen LogP contribution in [0.25, 0.3) is 10.2 Å². The third-order valence-corrected chi connectivity index (χ3v) is 6.39. The summed E-state index contributed by atoms with van der Waals surface area (Å²) in [5.74, 6) is 0.752. The van der Waals surface area contributed by atoms with E-state index in [4.69, 9.17) is 9.40 Å². The normalized spacial score (nSPS) is 11.2. The maximum atomic E-state index is 13.3. The number of hydrogen-bond acceptors (Lipinski definition) is 4. The second kappa shape index (κ2) is 7.84. The highest BCUT2D eigenvalue weighted by atomic mass is 32.1. The van der Waals surface area contributed by atoms with Crippen molar-refractivity contribution in [2.24, 2.45) is 0 Å². The molecule has 29 heavy (non-hydrogen) atoms. The minimum Gasteiger partial charge on any atom is -0.467 e. The quantitative estimate of drug-likeness (QED) is 0.416. The van der Waals surface area contributed by atoms with Crippen molar-refractivity contribution in [1.29, 1.82) is 0 Å². The van der Waals surface area contributed by atoms with Crippen molar-refractivity contribution >= 4 is 32.6 Å². The average Bonchev–Trinajstić information content (AvgIpc) is 3.32. The van der Waals surface area contributed by atoms with Crippen LogP contribution >= 0.6 is 11.3 Å². The standard InChI is InChI=1S/C24H24N2O2S/c1-15-7-8-19(10-16(15)2)13-23(27)26(14-20-6-5-9-28-20)24-25-21-11-17(3)18(4)12-22(21)29-24/h5-12H,13-14H2,1-4H3. The number of rotatable bonds is 5. The average molecular weight is 405 g/mol. The number of carbonyl (C=O) groups excluding carboxylic acids is 1. The summed E-state index contributed by atoms with van der Waals surface area (Å²) in [6.45, 7) is 8.70. The zero-order valence-electron chi connectivity index (χ0n) is 17.2. The summed E-state index contributed by atoms with van der Waals surface area (Å²) in [4.78, 5) is 19.8. The van der Waals surface area contributed by atoms with Crippen LogP contribution in [0.1, 0.15) is 33.6 Å². The fraction of sp³-hybridized carbons (Fsp3) is 0.250. The number of fused-ring (bicyclic) bond motifs is 1. The number of thiazole rings is 1. The van der Waals surface area contributed by atoms with Crippen molar-refractivity contribution in [3.05, 3.63) is 82.3 Å². The SMILES string of the molecule is Cc1ccc(CC(=O)N(Cc2ccco2)c2nc3cc(C)c(C)cc3s2)cc1C. The number of aromatic nitrogens is 1. The molecule has 0 saturated heterocycles. The number of anilines is 1. The van der Waals surface area contributed by atoms with Crippen molar-refractivity contribution in [1.82, 2.24) is 4.98 Å². The Balaban J connectivity index is 1.69. The van der Waals surface area contributed by atoms with Gasteiger partial charge in [-0.05, 0) is 79.8 Å². The number of amides is 1. The molecule has 148 valence electrons. The molecule has 0 bridgehead atoms.